The van der Waals surface area contributed by atoms with E-state index in [1.54, 1.807) is 0 Å². The average molecular weight is 280 g/mol. The van der Waals surface area contributed by atoms with Crippen LogP contribution in [0, 0.1) is 0 Å². The fourth-order valence-corrected chi connectivity index (χ4v) is 3.29. The molecule has 0 fully saturated rings. The lowest BCUT2D eigenvalue weighted by Crippen LogP contribution is -2.45. The van der Waals surface area contributed by atoms with Gasteiger partial charge in [0.1, 0.15) is 0 Å². The minimum Gasteiger partial charge on any atom is -0.401 e. The maximum Gasteiger partial charge on any atom is 0.0385 e. The zero-order valence-electron chi connectivity index (χ0n) is 14.1. The fourth-order valence-electron chi connectivity index (χ4n) is 3.29. The molecule has 2 N–H and O–H groups in total. The summed E-state index contributed by atoms with van der Waals surface area (Å²) in [6.07, 6.45) is 15.8. The summed E-state index contributed by atoms with van der Waals surface area (Å²) >= 11 is 0. The van der Waals surface area contributed by atoms with Crippen LogP contribution in [-0.4, -0.2) is 23.5 Å². The normalized spacial score (nSPS) is 16.6. The molecular formula is C18H36N2. The molecule has 0 amide bonds. The van der Waals surface area contributed by atoms with Crippen LogP contribution >= 0.6 is 0 Å². The first-order valence-electron chi connectivity index (χ1n) is 8.82. The average Bonchev–Trinajstić information content (AvgIpc) is 2.87. The fraction of sp³-hybridized carbons (Fsp3) is 0.889. The molecule has 0 saturated carbocycles. The molecule has 1 aliphatic heterocycles. The molecule has 0 bridgehead atoms. The van der Waals surface area contributed by atoms with E-state index in [9.17, 15) is 0 Å². The summed E-state index contributed by atoms with van der Waals surface area (Å²) in [6.45, 7) is 9.09. The second-order valence-electron chi connectivity index (χ2n) is 6.78. The van der Waals surface area contributed by atoms with Crippen LogP contribution in [0.5, 0.6) is 0 Å². The Hall–Kier alpha value is -0.500. The second-order valence-corrected chi connectivity index (χ2v) is 6.78. The van der Waals surface area contributed by atoms with E-state index in [-0.39, 0.29) is 0 Å². The highest BCUT2D eigenvalue weighted by atomic mass is 15.2. The van der Waals surface area contributed by atoms with E-state index in [1.807, 2.05) is 0 Å². The van der Waals surface area contributed by atoms with Crippen molar-refractivity contribution < 1.29 is 0 Å². The molecule has 0 spiro atoms. The first-order chi connectivity index (χ1) is 9.62. The molecule has 0 saturated heterocycles. The molecule has 0 aliphatic carbocycles. The van der Waals surface area contributed by atoms with Gasteiger partial charge in [-0.15, -0.1) is 0 Å². The second kappa shape index (κ2) is 9.44. The Morgan fingerprint density at radius 3 is 1.95 bits per heavy atom. The lowest BCUT2D eigenvalue weighted by atomic mass is 9.86. The third-order valence-electron chi connectivity index (χ3n) is 4.85. The van der Waals surface area contributed by atoms with Gasteiger partial charge in [0.05, 0.1) is 0 Å². The summed E-state index contributed by atoms with van der Waals surface area (Å²) in [5.74, 6) is 0. The zero-order valence-corrected chi connectivity index (χ0v) is 14.1. The summed E-state index contributed by atoms with van der Waals surface area (Å²) in [6, 6.07) is 0. The van der Waals surface area contributed by atoms with E-state index in [1.165, 1.54) is 64.2 Å². The van der Waals surface area contributed by atoms with Crippen LogP contribution in [0.25, 0.3) is 0 Å². The van der Waals surface area contributed by atoms with Crippen molar-refractivity contribution in [2.24, 2.45) is 5.73 Å². The third-order valence-corrected chi connectivity index (χ3v) is 4.85. The molecule has 1 heterocycles. The van der Waals surface area contributed by atoms with Crippen molar-refractivity contribution >= 4 is 0 Å². The van der Waals surface area contributed by atoms with Gasteiger partial charge in [-0.05, 0) is 19.8 Å². The molecule has 0 aromatic carbocycles. The quantitative estimate of drug-likeness (QED) is 0.548. The van der Waals surface area contributed by atoms with Crippen molar-refractivity contribution in [1.29, 1.82) is 0 Å². The summed E-state index contributed by atoms with van der Waals surface area (Å²) in [7, 11) is 0. The number of hydrogen-bond donors (Lipinski definition) is 1. The van der Waals surface area contributed by atoms with E-state index in [2.05, 4.69) is 31.7 Å². The van der Waals surface area contributed by atoms with Gasteiger partial charge in [-0.25, -0.2) is 0 Å². The minimum atomic E-state index is 0.360. The number of hydrogen-bond acceptors (Lipinski definition) is 2. The highest BCUT2D eigenvalue weighted by Gasteiger charge is 2.32. The zero-order chi connectivity index (χ0) is 14.8. The summed E-state index contributed by atoms with van der Waals surface area (Å²) in [5, 5.41) is 0. The molecule has 0 atom stereocenters. The van der Waals surface area contributed by atoms with Crippen LogP contribution in [0.1, 0.15) is 85.0 Å². The van der Waals surface area contributed by atoms with Crippen LogP contribution < -0.4 is 5.73 Å². The van der Waals surface area contributed by atoms with Gasteiger partial charge in [-0.1, -0.05) is 71.3 Å². The van der Waals surface area contributed by atoms with Gasteiger partial charge in [0.2, 0.25) is 0 Å². The van der Waals surface area contributed by atoms with Crippen molar-refractivity contribution in [1.82, 2.24) is 4.90 Å². The summed E-state index contributed by atoms with van der Waals surface area (Å²) < 4.78 is 0. The van der Waals surface area contributed by atoms with Gasteiger partial charge in [-0.2, -0.15) is 0 Å². The molecule has 20 heavy (non-hydrogen) atoms. The molecule has 0 aromatic heterocycles. The van der Waals surface area contributed by atoms with Crippen molar-refractivity contribution in [3.63, 3.8) is 0 Å². The molecule has 0 aromatic rings. The third kappa shape index (κ3) is 5.87. The number of rotatable bonds is 11. The maximum absolute atomic E-state index is 5.99. The highest BCUT2D eigenvalue weighted by Crippen LogP contribution is 2.31. The Morgan fingerprint density at radius 1 is 1.00 bits per heavy atom. The Morgan fingerprint density at radius 2 is 1.55 bits per heavy atom. The van der Waals surface area contributed by atoms with Gasteiger partial charge < -0.3 is 5.73 Å². The van der Waals surface area contributed by atoms with Crippen LogP contribution in [-0.2, 0) is 0 Å². The van der Waals surface area contributed by atoms with Gasteiger partial charge >= 0.3 is 0 Å². The predicted molar refractivity (Wildman–Crippen MR) is 89.8 cm³/mol. The van der Waals surface area contributed by atoms with Gasteiger partial charge in [0.15, 0.2) is 0 Å². The van der Waals surface area contributed by atoms with Crippen molar-refractivity contribution in [3.05, 3.63) is 11.8 Å². The van der Waals surface area contributed by atoms with Gasteiger partial charge in [0.25, 0.3) is 0 Å². The molecule has 1 aliphatic rings. The first-order valence-corrected chi connectivity index (χ1v) is 8.82. The smallest absolute Gasteiger partial charge is 0.0385 e. The van der Waals surface area contributed by atoms with Crippen LogP contribution in [0.2, 0.25) is 0 Å². The van der Waals surface area contributed by atoms with Crippen molar-refractivity contribution in [3.8, 4) is 0 Å². The van der Waals surface area contributed by atoms with Crippen molar-refractivity contribution in [2.75, 3.05) is 13.1 Å². The summed E-state index contributed by atoms with van der Waals surface area (Å²) in [5.41, 5.74) is 7.42. The van der Waals surface area contributed by atoms with E-state index in [0.29, 0.717) is 5.54 Å². The molecule has 118 valence electrons. The monoisotopic (exact) mass is 280 g/mol. The van der Waals surface area contributed by atoms with Crippen molar-refractivity contribution in [2.45, 2.75) is 90.5 Å². The minimum absolute atomic E-state index is 0.360. The SMILES string of the molecule is CCCCCCC(C)(CCCCCC)N1CC=C(N)C1. The molecule has 0 radical (unpaired) electrons. The highest BCUT2D eigenvalue weighted by molar-refractivity contribution is 5.10. The molecular weight excluding hydrogens is 244 g/mol. The molecule has 1 rings (SSSR count). The van der Waals surface area contributed by atoms with E-state index in [4.69, 9.17) is 5.73 Å². The Kier molecular flexibility index (Phi) is 8.28. The standard InChI is InChI=1S/C18H36N2/c1-4-6-8-10-13-18(3,14-11-9-7-5-2)20-15-12-17(19)16-20/h12H,4-11,13-16,19H2,1-3H3. The number of unbranched alkanes of at least 4 members (excludes halogenated alkanes) is 6. The first kappa shape index (κ1) is 17.6. The van der Waals surface area contributed by atoms with E-state index >= 15 is 0 Å². The Labute approximate surface area is 126 Å². The molecule has 2 heteroatoms. The summed E-state index contributed by atoms with van der Waals surface area (Å²) in [4.78, 5) is 2.61. The molecule has 2 nitrogen and oxygen atoms in total. The van der Waals surface area contributed by atoms with Gasteiger partial charge in [0, 0.05) is 24.3 Å². The molecule has 0 unspecified atom stereocenters. The topological polar surface area (TPSA) is 29.3 Å². The lowest BCUT2D eigenvalue weighted by Gasteiger charge is -2.39. The van der Waals surface area contributed by atoms with E-state index < -0.39 is 0 Å². The largest absolute Gasteiger partial charge is 0.401 e. The Balaban J connectivity index is 2.44. The lowest BCUT2D eigenvalue weighted by molar-refractivity contribution is 0.112. The van der Waals surface area contributed by atoms with E-state index in [0.717, 1.165) is 18.8 Å². The van der Waals surface area contributed by atoms with Crippen LogP contribution in [0.4, 0.5) is 0 Å². The maximum atomic E-state index is 5.99. The van der Waals surface area contributed by atoms with Crippen LogP contribution in [0.15, 0.2) is 11.8 Å². The number of nitrogens with zero attached hydrogens (tertiary/aromatic N) is 1. The number of nitrogens with two attached hydrogens (primary N) is 1. The predicted octanol–water partition coefficient (Wildman–Crippen LogP) is 4.84. The van der Waals surface area contributed by atoms with Gasteiger partial charge in [-0.3, -0.25) is 4.90 Å². The Bertz CT molecular complexity index is 271. The van der Waals surface area contributed by atoms with Crippen LogP contribution in [0.3, 0.4) is 0 Å².